The minimum absolute atomic E-state index is 0.0269. The van der Waals surface area contributed by atoms with Crippen LogP contribution in [0.25, 0.3) is 0 Å². The Labute approximate surface area is 97.1 Å². The molecule has 0 aromatic carbocycles. The van der Waals surface area contributed by atoms with Gasteiger partial charge in [0.15, 0.2) is 0 Å². The van der Waals surface area contributed by atoms with Crippen LogP contribution in [0.1, 0.15) is 23.2 Å². The number of nitrogens with one attached hydrogen (secondary N) is 1. The van der Waals surface area contributed by atoms with Crippen LogP contribution in [0.4, 0.5) is 5.82 Å². The first-order valence-corrected chi connectivity index (χ1v) is 5.27. The van der Waals surface area contributed by atoms with Gasteiger partial charge < -0.3 is 15.5 Å². The van der Waals surface area contributed by atoms with Crippen molar-refractivity contribution in [3.8, 4) is 0 Å². The van der Waals surface area contributed by atoms with E-state index in [4.69, 9.17) is 21.8 Å². The van der Waals surface area contributed by atoms with Gasteiger partial charge in [-0.2, -0.15) is 0 Å². The Hall–Kier alpha value is -1.33. The number of nitrogens with zero attached hydrogens (tertiary/aromatic N) is 1. The molecule has 1 saturated carbocycles. The van der Waals surface area contributed by atoms with Gasteiger partial charge in [-0.05, 0) is 18.9 Å². The van der Waals surface area contributed by atoms with Crippen molar-refractivity contribution in [2.75, 3.05) is 5.32 Å². The summed E-state index contributed by atoms with van der Waals surface area (Å²) in [6, 6.07) is 1.56. The van der Waals surface area contributed by atoms with Gasteiger partial charge >= 0.3 is 5.97 Å². The maximum atomic E-state index is 10.8. The Morgan fingerprint density at radius 1 is 1.56 bits per heavy atom. The predicted molar refractivity (Wildman–Crippen MR) is 58.9 cm³/mol. The Balaban J connectivity index is 2.10. The normalized spacial score (nSPS) is 23.6. The number of carboxylic acids is 1. The van der Waals surface area contributed by atoms with Crippen molar-refractivity contribution in [2.24, 2.45) is 0 Å². The molecule has 1 aliphatic carbocycles. The third-order valence-electron chi connectivity index (χ3n) is 2.55. The average molecular weight is 243 g/mol. The predicted octanol–water partition coefficient (Wildman–Crippen LogP) is 1.37. The van der Waals surface area contributed by atoms with E-state index in [1.54, 1.807) is 0 Å². The molecule has 1 aromatic rings. The van der Waals surface area contributed by atoms with Crippen LogP contribution in [0.3, 0.4) is 0 Å². The fourth-order valence-electron chi connectivity index (χ4n) is 1.60. The van der Waals surface area contributed by atoms with Crippen LogP contribution in [-0.2, 0) is 0 Å². The van der Waals surface area contributed by atoms with Gasteiger partial charge in [-0.1, -0.05) is 11.6 Å². The molecule has 0 unspecified atom stereocenters. The summed E-state index contributed by atoms with van der Waals surface area (Å²) in [6.07, 6.45) is 2.37. The van der Waals surface area contributed by atoms with E-state index in [1.807, 2.05) is 0 Å². The number of aromatic nitrogens is 1. The molecule has 86 valence electrons. The lowest BCUT2D eigenvalue weighted by molar-refractivity contribution is 0.0696. The van der Waals surface area contributed by atoms with Gasteiger partial charge in [-0.15, -0.1) is 0 Å². The van der Waals surface area contributed by atoms with Gasteiger partial charge in [0.2, 0.25) is 0 Å². The fraction of sp³-hybridized carbons (Fsp3) is 0.400. The quantitative estimate of drug-likeness (QED) is 0.746. The Morgan fingerprint density at radius 2 is 2.25 bits per heavy atom. The average Bonchev–Trinajstić information content (AvgIpc) is 2.18. The summed E-state index contributed by atoms with van der Waals surface area (Å²) >= 11 is 5.69. The monoisotopic (exact) mass is 242 g/mol. The summed E-state index contributed by atoms with van der Waals surface area (Å²) in [6.45, 7) is 0. The smallest absolute Gasteiger partial charge is 0.337 e. The van der Waals surface area contributed by atoms with Crippen LogP contribution in [-0.4, -0.2) is 33.3 Å². The Morgan fingerprint density at radius 3 is 2.81 bits per heavy atom. The summed E-state index contributed by atoms with van der Waals surface area (Å²) in [5, 5.41) is 21.1. The van der Waals surface area contributed by atoms with Gasteiger partial charge in [-0.25, -0.2) is 9.78 Å². The first kappa shape index (κ1) is 11.2. The minimum Gasteiger partial charge on any atom is -0.478 e. The largest absolute Gasteiger partial charge is 0.478 e. The van der Waals surface area contributed by atoms with E-state index < -0.39 is 5.97 Å². The topological polar surface area (TPSA) is 82.5 Å². The number of hydrogen-bond acceptors (Lipinski definition) is 4. The van der Waals surface area contributed by atoms with Gasteiger partial charge in [0.05, 0.1) is 16.7 Å². The standard InChI is InChI=1S/C10H11ClN2O3/c11-8-4-12-9(3-7(8)10(15)16)13-5-1-6(14)2-5/h3-6,14H,1-2H2,(H,12,13)(H,15,16). The first-order valence-electron chi connectivity index (χ1n) is 4.89. The minimum atomic E-state index is -1.08. The molecule has 0 aliphatic heterocycles. The molecule has 1 fully saturated rings. The second kappa shape index (κ2) is 4.27. The van der Waals surface area contributed by atoms with E-state index >= 15 is 0 Å². The van der Waals surface area contributed by atoms with Crippen molar-refractivity contribution in [2.45, 2.75) is 25.0 Å². The summed E-state index contributed by atoms with van der Waals surface area (Å²) < 4.78 is 0. The molecule has 1 aliphatic rings. The highest BCUT2D eigenvalue weighted by Crippen LogP contribution is 2.25. The van der Waals surface area contributed by atoms with Crippen LogP contribution in [0.2, 0.25) is 5.02 Å². The number of aliphatic hydroxyl groups excluding tert-OH is 1. The lowest BCUT2D eigenvalue weighted by atomic mass is 9.89. The van der Waals surface area contributed by atoms with Crippen LogP contribution >= 0.6 is 11.6 Å². The number of carboxylic acid groups (broad SMARTS) is 1. The summed E-state index contributed by atoms with van der Waals surface area (Å²) in [7, 11) is 0. The van der Waals surface area contributed by atoms with Crippen LogP contribution in [0.15, 0.2) is 12.3 Å². The lowest BCUT2D eigenvalue weighted by Crippen LogP contribution is -2.39. The Kier molecular flexibility index (Phi) is 2.98. The molecule has 2 rings (SSSR count). The summed E-state index contributed by atoms with van der Waals surface area (Å²) in [5.41, 5.74) is 0.0269. The molecular weight excluding hydrogens is 232 g/mol. The van der Waals surface area contributed by atoms with E-state index in [-0.39, 0.29) is 22.7 Å². The van der Waals surface area contributed by atoms with E-state index in [0.29, 0.717) is 18.7 Å². The molecule has 1 aromatic heterocycles. The lowest BCUT2D eigenvalue weighted by Gasteiger charge is -2.32. The van der Waals surface area contributed by atoms with Crippen molar-refractivity contribution in [1.82, 2.24) is 4.98 Å². The van der Waals surface area contributed by atoms with Gasteiger partial charge in [0.25, 0.3) is 0 Å². The molecular formula is C10H11ClN2O3. The maximum Gasteiger partial charge on any atom is 0.337 e. The van der Waals surface area contributed by atoms with Crippen LogP contribution in [0.5, 0.6) is 0 Å². The number of pyridine rings is 1. The van der Waals surface area contributed by atoms with E-state index in [1.165, 1.54) is 12.3 Å². The van der Waals surface area contributed by atoms with Crippen LogP contribution < -0.4 is 5.32 Å². The molecule has 6 heteroatoms. The number of rotatable bonds is 3. The molecule has 0 spiro atoms. The zero-order valence-corrected chi connectivity index (χ0v) is 9.11. The molecule has 1 heterocycles. The molecule has 0 bridgehead atoms. The van der Waals surface area contributed by atoms with E-state index in [9.17, 15) is 4.79 Å². The molecule has 0 radical (unpaired) electrons. The number of hydrogen-bond donors (Lipinski definition) is 3. The fourth-order valence-corrected chi connectivity index (χ4v) is 1.78. The third kappa shape index (κ3) is 2.25. The molecule has 0 saturated heterocycles. The second-order valence-electron chi connectivity index (χ2n) is 3.82. The van der Waals surface area contributed by atoms with E-state index in [2.05, 4.69) is 10.3 Å². The van der Waals surface area contributed by atoms with Crippen molar-refractivity contribution in [1.29, 1.82) is 0 Å². The SMILES string of the molecule is O=C(O)c1cc(NC2CC(O)C2)ncc1Cl. The molecule has 3 N–H and O–H groups in total. The van der Waals surface area contributed by atoms with Crippen molar-refractivity contribution < 1.29 is 15.0 Å². The summed E-state index contributed by atoms with van der Waals surface area (Å²) in [4.78, 5) is 14.8. The second-order valence-corrected chi connectivity index (χ2v) is 4.23. The number of aromatic carboxylic acids is 1. The first-order chi connectivity index (χ1) is 7.56. The highest BCUT2D eigenvalue weighted by Gasteiger charge is 2.27. The zero-order valence-electron chi connectivity index (χ0n) is 8.35. The number of halogens is 1. The molecule has 16 heavy (non-hydrogen) atoms. The van der Waals surface area contributed by atoms with Crippen molar-refractivity contribution in [3.63, 3.8) is 0 Å². The van der Waals surface area contributed by atoms with Crippen molar-refractivity contribution >= 4 is 23.4 Å². The molecule has 0 amide bonds. The highest BCUT2D eigenvalue weighted by molar-refractivity contribution is 6.33. The number of aliphatic hydroxyl groups is 1. The van der Waals surface area contributed by atoms with Crippen molar-refractivity contribution in [3.05, 3.63) is 22.8 Å². The number of anilines is 1. The Bertz CT molecular complexity index is 419. The van der Waals surface area contributed by atoms with E-state index in [0.717, 1.165) is 0 Å². The third-order valence-corrected chi connectivity index (χ3v) is 2.85. The highest BCUT2D eigenvalue weighted by atomic mass is 35.5. The van der Waals surface area contributed by atoms with Gasteiger partial charge in [0, 0.05) is 12.2 Å². The zero-order chi connectivity index (χ0) is 11.7. The molecule has 0 atom stereocenters. The van der Waals surface area contributed by atoms with Gasteiger partial charge in [0.1, 0.15) is 5.82 Å². The number of carbonyl (C=O) groups is 1. The van der Waals surface area contributed by atoms with Crippen LogP contribution in [0, 0.1) is 0 Å². The maximum absolute atomic E-state index is 10.8. The van der Waals surface area contributed by atoms with Gasteiger partial charge in [-0.3, -0.25) is 0 Å². The molecule has 5 nitrogen and oxygen atoms in total. The summed E-state index contributed by atoms with van der Waals surface area (Å²) in [5.74, 6) is -0.609.